The van der Waals surface area contributed by atoms with E-state index in [0.717, 1.165) is 22.2 Å². The Hall–Kier alpha value is -3.06. The molecular formula is C19H15NO5S. The van der Waals surface area contributed by atoms with Gasteiger partial charge in [-0.05, 0) is 47.7 Å². The number of imide groups is 1. The van der Waals surface area contributed by atoms with Crippen LogP contribution in [0.2, 0.25) is 0 Å². The van der Waals surface area contributed by atoms with Gasteiger partial charge in [-0.25, -0.2) is 9.69 Å². The number of carbonyl (C=O) groups is 3. The smallest absolute Gasteiger partial charge is 0.343 e. The van der Waals surface area contributed by atoms with E-state index < -0.39 is 5.97 Å². The highest BCUT2D eigenvalue weighted by atomic mass is 32.2. The number of para-hydroxylation sites is 1. The molecule has 0 unspecified atom stereocenters. The summed E-state index contributed by atoms with van der Waals surface area (Å²) >= 11 is 0.899. The molecule has 0 aliphatic carbocycles. The SMILES string of the molecule is COC(=O)COc1ccc(/C=C2\SC(=O)N(c3ccccc3)C2=O)cc1. The Morgan fingerprint density at radius 1 is 1.08 bits per heavy atom. The molecule has 7 heteroatoms. The molecular weight excluding hydrogens is 354 g/mol. The van der Waals surface area contributed by atoms with E-state index in [9.17, 15) is 14.4 Å². The van der Waals surface area contributed by atoms with E-state index in [2.05, 4.69) is 4.74 Å². The number of nitrogens with zero attached hydrogens (tertiary/aromatic N) is 1. The Morgan fingerprint density at radius 3 is 2.42 bits per heavy atom. The fraction of sp³-hybridized carbons (Fsp3) is 0.105. The Bertz CT molecular complexity index is 861. The number of esters is 1. The van der Waals surface area contributed by atoms with Crippen LogP contribution in [0.15, 0.2) is 59.5 Å². The van der Waals surface area contributed by atoms with Gasteiger partial charge in [0.25, 0.3) is 11.1 Å². The molecule has 1 heterocycles. The second-order valence-corrected chi connectivity index (χ2v) is 6.28. The lowest BCUT2D eigenvalue weighted by atomic mass is 10.2. The summed E-state index contributed by atoms with van der Waals surface area (Å²) in [6.07, 6.45) is 1.65. The monoisotopic (exact) mass is 369 g/mol. The van der Waals surface area contributed by atoms with Gasteiger partial charge in [-0.2, -0.15) is 0 Å². The molecule has 0 atom stereocenters. The summed E-state index contributed by atoms with van der Waals surface area (Å²) in [6.45, 7) is -0.175. The van der Waals surface area contributed by atoms with Gasteiger partial charge in [0.05, 0.1) is 17.7 Å². The van der Waals surface area contributed by atoms with Crippen molar-refractivity contribution < 1.29 is 23.9 Å². The predicted molar refractivity (Wildman–Crippen MR) is 98.8 cm³/mol. The van der Waals surface area contributed by atoms with E-state index in [1.54, 1.807) is 54.6 Å². The normalized spacial score (nSPS) is 15.4. The average Bonchev–Trinajstić information content (AvgIpc) is 2.94. The number of methoxy groups -OCH3 is 1. The van der Waals surface area contributed by atoms with Gasteiger partial charge in [0.1, 0.15) is 5.75 Å². The summed E-state index contributed by atoms with van der Waals surface area (Å²) in [5.74, 6) is -0.314. The number of thioether (sulfide) groups is 1. The van der Waals surface area contributed by atoms with E-state index in [1.807, 2.05) is 6.07 Å². The summed E-state index contributed by atoms with van der Waals surface area (Å²) in [6, 6.07) is 15.6. The van der Waals surface area contributed by atoms with Crippen molar-refractivity contribution in [3.8, 4) is 5.75 Å². The fourth-order valence-corrected chi connectivity index (χ4v) is 3.12. The number of anilines is 1. The molecule has 1 aliphatic rings. The molecule has 1 fully saturated rings. The van der Waals surface area contributed by atoms with Gasteiger partial charge in [0.2, 0.25) is 0 Å². The summed E-state index contributed by atoms with van der Waals surface area (Å²) in [5.41, 5.74) is 1.29. The van der Waals surface area contributed by atoms with Crippen LogP contribution in [0.1, 0.15) is 5.56 Å². The number of carbonyl (C=O) groups excluding carboxylic acids is 3. The van der Waals surface area contributed by atoms with Crippen molar-refractivity contribution in [2.45, 2.75) is 0 Å². The Kier molecular flexibility index (Phi) is 5.38. The third-order valence-electron chi connectivity index (χ3n) is 3.57. The highest BCUT2D eigenvalue weighted by molar-refractivity contribution is 8.19. The number of rotatable bonds is 5. The number of benzene rings is 2. The largest absolute Gasteiger partial charge is 0.482 e. The van der Waals surface area contributed by atoms with E-state index in [4.69, 9.17) is 4.74 Å². The first-order chi connectivity index (χ1) is 12.6. The number of ether oxygens (including phenoxy) is 2. The maximum absolute atomic E-state index is 12.5. The van der Waals surface area contributed by atoms with Crippen LogP contribution in [0.4, 0.5) is 10.5 Å². The van der Waals surface area contributed by atoms with Gasteiger partial charge in [0, 0.05) is 0 Å². The molecule has 6 nitrogen and oxygen atoms in total. The molecule has 0 aromatic heterocycles. The van der Waals surface area contributed by atoms with Crippen molar-refractivity contribution in [2.24, 2.45) is 0 Å². The van der Waals surface area contributed by atoms with Crippen LogP contribution in [0.25, 0.3) is 6.08 Å². The summed E-state index contributed by atoms with van der Waals surface area (Å²) < 4.78 is 9.77. The minimum atomic E-state index is -0.469. The maximum Gasteiger partial charge on any atom is 0.343 e. The average molecular weight is 369 g/mol. The molecule has 0 radical (unpaired) electrons. The van der Waals surface area contributed by atoms with Crippen molar-refractivity contribution in [3.05, 3.63) is 65.1 Å². The molecule has 1 saturated heterocycles. The maximum atomic E-state index is 12.5. The molecule has 1 aliphatic heterocycles. The lowest BCUT2D eigenvalue weighted by molar-refractivity contribution is -0.142. The zero-order valence-electron chi connectivity index (χ0n) is 13.9. The van der Waals surface area contributed by atoms with Crippen LogP contribution in [0.5, 0.6) is 5.75 Å². The van der Waals surface area contributed by atoms with Crippen LogP contribution in [-0.4, -0.2) is 30.8 Å². The highest BCUT2D eigenvalue weighted by Crippen LogP contribution is 2.35. The van der Waals surface area contributed by atoms with Gasteiger partial charge < -0.3 is 9.47 Å². The second kappa shape index (κ2) is 7.88. The Balaban J connectivity index is 1.73. The first-order valence-corrected chi connectivity index (χ1v) is 8.53. The topological polar surface area (TPSA) is 72.9 Å². The molecule has 0 N–H and O–H groups in total. The Morgan fingerprint density at radius 2 is 1.77 bits per heavy atom. The Labute approximate surface area is 154 Å². The lowest BCUT2D eigenvalue weighted by Crippen LogP contribution is -2.27. The zero-order chi connectivity index (χ0) is 18.5. The molecule has 0 saturated carbocycles. The summed E-state index contributed by atoms with van der Waals surface area (Å²) in [4.78, 5) is 37.3. The standard InChI is InChI=1S/C19H15NO5S/c1-24-17(21)12-25-15-9-7-13(8-10-15)11-16-18(22)20(19(23)26-16)14-5-3-2-4-6-14/h2-11H,12H2,1H3/b16-11-. The molecule has 3 rings (SSSR count). The summed E-state index contributed by atoms with van der Waals surface area (Å²) in [5, 5.41) is -0.328. The number of amides is 2. The van der Waals surface area contributed by atoms with Gasteiger partial charge in [0.15, 0.2) is 6.61 Å². The molecule has 2 aromatic carbocycles. The highest BCUT2D eigenvalue weighted by Gasteiger charge is 2.36. The number of hydrogen-bond donors (Lipinski definition) is 0. The first-order valence-electron chi connectivity index (χ1n) is 7.71. The minimum absolute atomic E-state index is 0.175. The van der Waals surface area contributed by atoms with E-state index >= 15 is 0 Å². The molecule has 2 aromatic rings. The van der Waals surface area contributed by atoms with Crippen molar-refractivity contribution in [1.29, 1.82) is 0 Å². The molecule has 132 valence electrons. The van der Waals surface area contributed by atoms with Crippen molar-refractivity contribution in [2.75, 3.05) is 18.6 Å². The van der Waals surface area contributed by atoms with E-state index in [1.165, 1.54) is 7.11 Å². The molecule has 2 amide bonds. The lowest BCUT2D eigenvalue weighted by Gasteiger charge is -2.11. The van der Waals surface area contributed by atoms with Crippen molar-refractivity contribution in [1.82, 2.24) is 0 Å². The van der Waals surface area contributed by atoms with Gasteiger partial charge in [-0.15, -0.1) is 0 Å². The van der Waals surface area contributed by atoms with Crippen molar-refractivity contribution in [3.63, 3.8) is 0 Å². The molecule has 0 spiro atoms. The molecule has 26 heavy (non-hydrogen) atoms. The molecule has 0 bridgehead atoms. The second-order valence-electron chi connectivity index (χ2n) is 5.29. The van der Waals surface area contributed by atoms with E-state index in [-0.39, 0.29) is 17.8 Å². The van der Waals surface area contributed by atoms with Crippen LogP contribution in [-0.2, 0) is 14.3 Å². The number of hydrogen-bond acceptors (Lipinski definition) is 6. The quantitative estimate of drug-likeness (QED) is 0.593. The van der Waals surface area contributed by atoms with Crippen molar-refractivity contribution >= 4 is 40.6 Å². The third kappa shape index (κ3) is 3.94. The van der Waals surface area contributed by atoms with Crippen LogP contribution < -0.4 is 9.64 Å². The van der Waals surface area contributed by atoms with Gasteiger partial charge >= 0.3 is 5.97 Å². The van der Waals surface area contributed by atoms with Gasteiger partial charge in [-0.1, -0.05) is 30.3 Å². The van der Waals surface area contributed by atoms with Crippen LogP contribution >= 0.6 is 11.8 Å². The fourth-order valence-electron chi connectivity index (χ4n) is 2.28. The third-order valence-corrected chi connectivity index (χ3v) is 4.44. The minimum Gasteiger partial charge on any atom is -0.482 e. The van der Waals surface area contributed by atoms with Crippen LogP contribution in [0.3, 0.4) is 0 Å². The van der Waals surface area contributed by atoms with Gasteiger partial charge in [-0.3, -0.25) is 9.59 Å². The summed E-state index contributed by atoms with van der Waals surface area (Å²) in [7, 11) is 1.29. The van der Waals surface area contributed by atoms with E-state index in [0.29, 0.717) is 16.3 Å². The van der Waals surface area contributed by atoms with Crippen LogP contribution in [0, 0.1) is 0 Å². The predicted octanol–water partition coefficient (Wildman–Crippen LogP) is 3.48. The first kappa shape index (κ1) is 17.8. The zero-order valence-corrected chi connectivity index (χ0v) is 14.7.